The van der Waals surface area contributed by atoms with E-state index in [9.17, 15) is 24.5 Å². The summed E-state index contributed by atoms with van der Waals surface area (Å²) in [4.78, 5) is 45.3. The number of amides is 2. The number of aliphatic hydroxyl groups is 1. The van der Waals surface area contributed by atoms with E-state index in [0.717, 1.165) is 23.1 Å². The van der Waals surface area contributed by atoms with Crippen molar-refractivity contribution in [3.63, 3.8) is 0 Å². The summed E-state index contributed by atoms with van der Waals surface area (Å²) in [6.07, 6.45) is 1.000. The molecule has 0 unspecified atom stereocenters. The maximum Gasteiger partial charge on any atom is 0.342 e. The second-order valence-corrected chi connectivity index (χ2v) is 4.50. The molecule has 0 saturated heterocycles. The Balaban J connectivity index is 2.28. The number of carbonyl (C=O) groups excluding carboxylic acids is 2. The van der Waals surface area contributed by atoms with E-state index in [-0.39, 0.29) is 24.5 Å². The summed E-state index contributed by atoms with van der Waals surface area (Å²) < 4.78 is 0. The van der Waals surface area contributed by atoms with E-state index < -0.39 is 34.0 Å². The average molecular weight is 321 g/mol. The first-order valence-corrected chi connectivity index (χ1v) is 6.32. The molecule has 0 aromatic heterocycles. The van der Waals surface area contributed by atoms with Crippen LogP contribution in [-0.4, -0.2) is 51.0 Å². The highest BCUT2D eigenvalue weighted by molar-refractivity contribution is 6.17. The van der Waals surface area contributed by atoms with Crippen LogP contribution in [-0.2, 0) is 9.59 Å². The second-order valence-electron chi connectivity index (χ2n) is 4.50. The molecule has 1 heterocycles. The number of hydrogen-bond donors (Lipinski definition) is 3. The maximum atomic E-state index is 11.9. The lowest BCUT2D eigenvalue weighted by atomic mass is 10.1. The smallest absolute Gasteiger partial charge is 0.342 e. The zero-order valence-corrected chi connectivity index (χ0v) is 11.6. The fourth-order valence-corrected chi connectivity index (χ4v) is 2.01. The van der Waals surface area contributed by atoms with E-state index in [1.807, 2.05) is 0 Å². The van der Waals surface area contributed by atoms with Crippen LogP contribution < -0.4 is 5.32 Å². The van der Waals surface area contributed by atoms with Gasteiger partial charge in [0, 0.05) is 17.8 Å². The lowest BCUT2D eigenvalue weighted by Crippen LogP contribution is -2.34. The van der Waals surface area contributed by atoms with Gasteiger partial charge in [-0.1, -0.05) is 0 Å². The summed E-state index contributed by atoms with van der Waals surface area (Å²) in [5.41, 5.74) is -1.16. The lowest BCUT2D eigenvalue weighted by Gasteiger charge is -2.13. The Labute approximate surface area is 128 Å². The van der Waals surface area contributed by atoms with Gasteiger partial charge in [-0.25, -0.2) is 4.79 Å². The van der Waals surface area contributed by atoms with Gasteiger partial charge in [-0.2, -0.15) is 0 Å². The van der Waals surface area contributed by atoms with Crippen LogP contribution >= 0.6 is 0 Å². The van der Waals surface area contributed by atoms with Crippen molar-refractivity contribution in [2.75, 3.05) is 18.5 Å². The van der Waals surface area contributed by atoms with Gasteiger partial charge >= 0.3 is 5.97 Å². The third-order valence-electron chi connectivity index (χ3n) is 3.04. The molecule has 1 aliphatic heterocycles. The predicted octanol–water partition coefficient (Wildman–Crippen LogP) is -0.0501. The van der Waals surface area contributed by atoms with E-state index in [4.69, 9.17) is 10.2 Å². The number of nitro groups is 1. The van der Waals surface area contributed by atoms with Crippen LogP contribution in [0.15, 0.2) is 30.0 Å². The fourth-order valence-electron chi connectivity index (χ4n) is 2.01. The second kappa shape index (κ2) is 6.23. The number of carbonyl (C=O) groups is 3. The van der Waals surface area contributed by atoms with Crippen LogP contribution in [0.5, 0.6) is 0 Å². The standard InChI is InChI=1S/C13H11N3O7/c17-4-3-15-11(18)6-9(12(15)19)14-7-1-2-10(16(22)23)8(5-7)13(20)21/h1-2,5-6,14,17H,3-4H2,(H,20,21). The Hall–Kier alpha value is -3.27. The minimum Gasteiger partial charge on any atom is -0.477 e. The molecule has 3 N–H and O–H groups in total. The minimum absolute atomic E-state index is 0.103. The SMILES string of the molecule is O=C(O)c1cc(NC2=CC(=O)N(CCO)C2=O)ccc1[N+](=O)[O-]. The number of aromatic carboxylic acids is 1. The molecule has 1 aliphatic rings. The van der Waals surface area contributed by atoms with Crippen LogP contribution in [0.25, 0.3) is 0 Å². The molecule has 0 atom stereocenters. The number of nitrogens with zero attached hydrogens (tertiary/aromatic N) is 2. The van der Waals surface area contributed by atoms with E-state index in [2.05, 4.69) is 5.32 Å². The summed E-state index contributed by atoms with van der Waals surface area (Å²) >= 11 is 0. The number of nitrogens with one attached hydrogen (secondary N) is 1. The molecule has 1 aromatic rings. The molecule has 10 heteroatoms. The van der Waals surface area contributed by atoms with Crippen molar-refractivity contribution >= 4 is 29.2 Å². The summed E-state index contributed by atoms with van der Waals surface area (Å²) in [7, 11) is 0. The van der Waals surface area contributed by atoms with Gasteiger partial charge < -0.3 is 15.5 Å². The van der Waals surface area contributed by atoms with Gasteiger partial charge in [0.1, 0.15) is 11.3 Å². The van der Waals surface area contributed by atoms with Crippen molar-refractivity contribution in [2.24, 2.45) is 0 Å². The van der Waals surface area contributed by atoms with Gasteiger partial charge in [-0.3, -0.25) is 24.6 Å². The molecular weight excluding hydrogens is 310 g/mol. The van der Waals surface area contributed by atoms with E-state index in [0.29, 0.717) is 0 Å². The van der Waals surface area contributed by atoms with Gasteiger partial charge in [0.2, 0.25) is 0 Å². The van der Waals surface area contributed by atoms with Crippen molar-refractivity contribution < 1.29 is 29.5 Å². The molecule has 0 bridgehead atoms. The third kappa shape index (κ3) is 3.16. The normalized spacial score (nSPS) is 14.0. The average Bonchev–Trinajstić information content (AvgIpc) is 2.75. The molecule has 0 aliphatic carbocycles. The maximum absolute atomic E-state index is 11.9. The van der Waals surface area contributed by atoms with Crippen LogP contribution in [0.2, 0.25) is 0 Å². The molecule has 0 saturated carbocycles. The molecule has 2 rings (SSSR count). The molecular formula is C13H11N3O7. The van der Waals surface area contributed by atoms with Crippen LogP contribution in [0.3, 0.4) is 0 Å². The number of aliphatic hydroxyl groups excluding tert-OH is 1. The molecule has 120 valence electrons. The first-order valence-electron chi connectivity index (χ1n) is 6.32. The molecule has 0 spiro atoms. The number of hydrogen-bond acceptors (Lipinski definition) is 7. The van der Waals surface area contributed by atoms with Gasteiger partial charge in [0.25, 0.3) is 17.5 Å². The highest BCUT2D eigenvalue weighted by atomic mass is 16.6. The van der Waals surface area contributed by atoms with Crippen molar-refractivity contribution in [3.05, 3.63) is 45.6 Å². The monoisotopic (exact) mass is 321 g/mol. The zero-order valence-electron chi connectivity index (χ0n) is 11.6. The number of carboxylic acid groups (broad SMARTS) is 1. The Morgan fingerprint density at radius 1 is 1.35 bits per heavy atom. The van der Waals surface area contributed by atoms with Gasteiger partial charge in [0.05, 0.1) is 18.1 Å². The third-order valence-corrected chi connectivity index (χ3v) is 3.04. The van der Waals surface area contributed by atoms with Crippen molar-refractivity contribution in [3.8, 4) is 0 Å². The zero-order chi connectivity index (χ0) is 17.1. The van der Waals surface area contributed by atoms with Gasteiger partial charge in [0.15, 0.2) is 0 Å². The molecule has 1 aromatic carbocycles. The number of rotatable bonds is 6. The van der Waals surface area contributed by atoms with Gasteiger partial charge in [-0.15, -0.1) is 0 Å². The highest BCUT2D eigenvalue weighted by Gasteiger charge is 2.31. The molecule has 10 nitrogen and oxygen atoms in total. The van der Waals surface area contributed by atoms with E-state index >= 15 is 0 Å². The quantitative estimate of drug-likeness (QED) is 0.375. The minimum atomic E-state index is -1.50. The molecule has 23 heavy (non-hydrogen) atoms. The first-order chi connectivity index (χ1) is 10.8. The molecule has 0 fully saturated rings. The van der Waals surface area contributed by atoms with Crippen LogP contribution in [0, 0.1) is 10.1 Å². The Morgan fingerprint density at radius 3 is 2.61 bits per heavy atom. The highest BCUT2D eigenvalue weighted by Crippen LogP contribution is 2.24. The Bertz CT molecular complexity index is 741. The van der Waals surface area contributed by atoms with E-state index in [1.165, 1.54) is 6.07 Å². The lowest BCUT2D eigenvalue weighted by molar-refractivity contribution is -0.385. The summed E-state index contributed by atoms with van der Waals surface area (Å²) in [6.45, 7) is -0.556. The topological polar surface area (TPSA) is 150 Å². The van der Waals surface area contributed by atoms with Gasteiger partial charge in [-0.05, 0) is 12.1 Å². The predicted molar refractivity (Wildman–Crippen MR) is 75.6 cm³/mol. The molecule has 2 amide bonds. The summed E-state index contributed by atoms with van der Waals surface area (Å²) in [5, 5.41) is 31.1. The number of β-amino-alcohol motifs (C(OH)–C–C–N with tert-alkyl or cyclic N) is 1. The van der Waals surface area contributed by atoms with E-state index in [1.54, 1.807) is 0 Å². The molecule has 0 radical (unpaired) electrons. The van der Waals surface area contributed by atoms with Crippen molar-refractivity contribution in [1.82, 2.24) is 4.90 Å². The summed E-state index contributed by atoms with van der Waals surface area (Å²) in [5.74, 6) is -2.80. The number of imide groups is 1. The number of nitro benzene ring substituents is 1. The van der Waals surface area contributed by atoms with Crippen LogP contribution in [0.1, 0.15) is 10.4 Å². The van der Waals surface area contributed by atoms with Crippen molar-refractivity contribution in [2.45, 2.75) is 0 Å². The Kier molecular flexibility index (Phi) is 4.37. The number of benzene rings is 1. The number of carboxylic acids is 1. The number of anilines is 1. The van der Waals surface area contributed by atoms with Crippen LogP contribution in [0.4, 0.5) is 11.4 Å². The van der Waals surface area contributed by atoms with Crippen molar-refractivity contribution in [1.29, 1.82) is 0 Å². The fraction of sp³-hybridized carbons (Fsp3) is 0.154. The first kappa shape index (κ1) is 16.1. The largest absolute Gasteiger partial charge is 0.477 e. The summed E-state index contributed by atoms with van der Waals surface area (Å²) in [6, 6.07) is 3.20. The Morgan fingerprint density at radius 2 is 2.04 bits per heavy atom.